The monoisotopic (exact) mass is 310 g/mol. The van der Waals surface area contributed by atoms with E-state index in [-0.39, 0.29) is 6.61 Å². The zero-order chi connectivity index (χ0) is 15.4. The highest BCUT2D eigenvalue weighted by molar-refractivity contribution is 7.14. The first kappa shape index (κ1) is 14.8. The van der Waals surface area contributed by atoms with Crippen LogP contribution in [0.3, 0.4) is 0 Å². The molecule has 3 rings (SSSR count). The molecule has 0 saturated carbocycles. The molecule has 0 radical (unpaired) electrons. The van der Waals surface area contributed by atoms with Crippen molar-refractivity contribution in [2.24, 2.45) is 0 Å². The smallest absolute Gasteiger partial charge is 0.185 e. The molecule has 0 bridgehead atoms. The predicted molar refractivity (Wildman–Crippen MR) is 92.0 cm³/mol. The van der Waals surface area contributed by atoms with Crippen molar-refractivity contribution in [2.75, 3.05) is 11.9 Å². The second-order valence-corrected chi connectivity index (χ2v) is 6.05. The topological polar surface area (TPSA) is 36.4 Å². The van der Waals surface area contributed by atoms with Crippen molar-refractivity contribution in [3.05, 3.63) is 71.1 Å². The Morgan fingerprint density at radius 2 is 1.82 bits per heavy atom. The van der Waals surface area contributed by atoms with Crippen LogP contribution in [-0.4, -0.2) is 17.1 Å². The zero-order valence-corrected chi connectivity index (χ0v) is 13.3. The molecule has 0 aliphatic carbocycles. The number of anilines is 1. The summed E-state index contributed by atoms with van der Waals surface area (Å²) in [6.45, 7) is 0.850. The Morgan fingerprint density at radius 3 is 2.59 bits per heavy atom. The van der Waals surface area contributed by atoms with Crippen LogP contribution in [0, 0.1) is 0 Å². The maximum absolute atomic E-state index is 9.22. The van der Waals surface area contributed by atoms with Crippen molar-refractivity contribution in [1.82, 2.24) is 4.98 Å². The molecule has 3 aromatic rings. The van der Waals surface area contributed by atoms with E-state index < -0.39 is 0 Å². The summed E-state index contributed by atoms with van der Waals surface area (Å²) < 4.78 is 0. The van der Waals surface area contributed by atoms with Crippen LogP contribution in [0.15, 0.2) is 60.0 Å². The number of aromatic nitrogens is 1. The quantitative estimate of drug-likeness (QED) is 0.775. The number of thiazole rings is 1. The molecule has 0 atom stereocenters. The van der Waals surface area contributed by atoms with Gasteiger partial charge >= 0.3 is 0 Å². The van der Waals surface area contributed by atoms with E-state index in [1.807, 2.05) is 43.4 Å². The highest BCUT2D eigenvalue weighted by atomic mass is 32.1. The Hall–Kier alpha value is -2.17. The normalized spacial score (nSPS) is 10.6. The van der Waals surface area contributed by atoms with Gasteiger partial charge in [0.1, 0.15) is 0 Å². The molecule has 0 fully saturated rings. The van der Waals surface area contributed by atoms with Gasteiger partial charge in [-0.15, -0.1) is 11.3 Å². The fourth-order valence-corrected chi connectivity index (χ4v) is 3.15. The van der Waals surface area contributed by atoms with Crippen LogP contribution in [0.4, 0.5) is 5.13 Å². The molecule has 0 saturated heterocycles. The standard InChI is InChI=1S/C18H18N2OS/c1-20(11-14-6-5-7-15(10-14)12-21)18-19-17(13-22-18)16-8-3-2-4-9-16/h2-10,13,21H,11-12H2,1H3. The van der Waals surface area contributed by atoms with Crippen LogP contribution in [0.25, 0.3) is 11.3 Å². The number of aliphatic hydroxyl groups excluding tert-OH is 1. The lowest BCUT2D eigenvalue weighted by molar-refractivity contribution is 0.281. The SMILES string of the molecule is CN(Cc1cccc(CO)c1)c1nc(-c2ccccc2)cs1. The highest BCUT2D eigenvalue weighted by Gasteiger charge is 2.09. The first-order chi connectivity index (χ1) is 10.8. The molecule has 112 valence electrons. The summed E-state index contributed by atoms with van der Waals surface area (Å²) in [4.78, 5) is 6.85. The van der Waals surface area contributed by atoms with E-state index in [1.165, 1.54) is 5.56 Å². The fraction of sp³-hybridized carbons (Fsp3) is 0.167. The molecule has 3 nitrogen and oxygen atoms in total. The molecular weight excluding hydrogens is 292 g/mol. The molecule has 0 aliphatic rings. The summed E-state index contributed by atoms with van der Waals surface area (Å²) in [6, 6.07) is 18.2. The Kier molecular flexibility index (Phi) is 4.51. The van der Waals surface area contributed by atoms with Gasteiger partial charge in [0.05, 0.1) is 12.3 Å². The molecule has 1 N–H and O–H groups in total. The molecule has 1 aromatic heterocycles. The van der Waals surface area contributed by atoms with Crippen molar-refractivity contribution in [2.45, 2.75) is 13.2 Å². The maximum atomic E-state index is 9.22. The van der Waals surface area contributed by atoms with Crippen LogP contribution in [0.2, 0.25) is 0 Å². The number of nitrogens with zero attached hydrogens (tertiary/aromatic N) is 2. The van der Waals surface area contributed by atoms with E-state index in [4.69, 9.17) is 4.98 Å². The lowest BCUT2D eigenvalue weighted by atomic mass is 10.1. The molecule has 1 heterocycles. The average Bonchev–Trinajstić information content (AvgIpc) is 3.06. The number of aliphatic hydroxyl groups is 1. The van der Waals surface area contributed by atoms with Gasteiger partial charge in [-0.25, -0.2) is 4.98 Å². The van der Waals surface area contributed by atoms with Crippen molar-refractivity contribution in [1.29, 1.82) is 0 Å². The van der Waals surface area contributed by atoms with E-state index in [1.54, 1.807) is 11.3 Å². The van der Waals surface area contributed by atoms with Crippen LogP contribution >= 0.6 is 11.3 Å². The third-order valence-corrected chi connectivity index (χ3v) is 4.44. The summed E-state index contributed by atoms with van der Waals surface area (Å²) in [5.41, 5.74) is 4.26. The van der Waals surface area contributed by atoms with E-state index in [9.17, 15) is 5.11 Å². The highest BCUT2D eigenvalue weighted by Crippen LogP contribution is 2.27. The minimum atomic E-state index is 0.0764. The van der Waals surface area contributed by atoms with Crippen molar-refractivity contribution in [3.8, 4) is 11.3 Å². The third kappa shape index (κ3) is 3.35. The minimum absolute atomic E-state index is 0.0764. The van der Waals surface area contributed by atoms with Crippen LogP contribution in [-0.2, 0) is 13.2 Å². The Labute approximate surface area is 134 Å². The summed E-state index contributed by atoms with van der Waals surface area (Å²) in [5, 5.41) is 12.3. The van der Waals surface area contributed by atoms with E-state index in [2.05, 4.69) is 28.5 Å². The lowest BCUT2D eigenvalue weighted by Crippen LogP contribution is -2.16. The van der Waals surface area contributed by atoms with Gasteiger partial charge in [0.25, 0.3) is 0 Å². The summed E-state index contributed by atoms with van der Waals surface area (Å²) in [5.74, 6) is 0. The number of rotatable bonds is 5. The Bertz CT molecular complexity index is 740. The van der Waals surface area contributed by atoms with Gasteiger partial charge in [-0.05, 0) is 11.1 Å². The van der Waals surface area contributed by atoms with Gasteiger partial charge in [0.2, 0.25) is 0 Å². The van der Waals surface area contributed by atoms with Gasteiger partial charge < -0.3 is 10.0 Å². The number of benzene rings is 2. The van der Waals surface area contributed by atoms with Gasteiger partial charge in [-0.3, -0.25) is 0 Å². The summed E-state index contributed by atoms with van der Waals surface area (Å²) in [6.07, 6.45) is 0. The lowest BCUT2D eigenvalue weighted by Gasteiger charge is -2.16. The van der Waals surface area contributed by atoms with Gasteiger partial charge in [-0.2, -0.15) is 0 Å². The van der Waals surface area contributed by atoms with Crippen molar-refractivity contribution in [3.63, 3.8) is 0 Å². The fourth-order valence-electron chi connectivity index (χ4n) is 2.35. The Morgan fingerprint density at radius 1 is 1.05 bits per heavy atom. The second-order valence-electron chi connectivity index (χ2n) is 5.22. The first-order valence-electron chi connectivity index (χ1n) is 7.17. The average molecular weight is 310 g/mol. The van der Waals surface area contributed by atoms with Crippen LogP contribution in [0.1, 0.15) is 11.1 Å². The molecular formula is C18H18N2OS. The third-order valence-electron chi connectivity index (χ3n) is 3.48. The zero-order valence-electron chi connectivity index (χ0n) is 12.4. The molecule has 4 heteroatoms. The second kappa shape index (κ2) is 6.73. The molecule has 0 spiro atoms. The van der Waals surface area contributed by atoms with Crippen LogP contribution in [0.5, 0.6) is 0 Å². The predicted octanol–water partition coefficient (Wildman–Crippen LogP) is 3.94. The van der Waals surface area contributed by atoms with Gasteiger partial charge in [0.15, 0.2) is 5.13 Å². The van der Waals surface area contributed by atoms with Crippen molar-refractivity contribution >= 4 is 16.5 Å². The van der Waals surface area contributed by atoms with E-state index in [0.717, 1.165) is 28.5 Å². The maximum Gasteiger partial charge on any atom is 0.185 e. The van der Waals surface area contributed by atoms with E-state index in [0.29, 0.717) is 0 Å². The largest absolute Gasteiger partial charge is 0.392 e. The molecule has 0 amide bonds. The summed E-state index contributed by atoms with van der Waals surface area (Å²) in [7, 11) is 2.04. The van der Waals surface area contributed by atoms with Crippen LogP contribution < -0.4 is 4.90 Å². The molecule has 22 heavy (non-hydrogen) atoms. The molecule has 0 unspecified atom stereocenters. The minimum Gasteiger partial charge on any atom is -0.392 e. The first-order valence-corrected chi connectivity index (χ1v) is 8.05. The molecule has 2 aromatic carbocycles. The van der Waals surface area contributed by atoms with Crippen molar-refractivity contribution < 1.29 is 5.11 Å². The van der Waals surface area contributed by atoms with Gasteiger partial charge in [0, 0.05) is 24.5 Å². The van der Waals surface area contributed by atoms with Gasteiger partial charge in [-0.1, -0.05) is 54.6 Å². The Balaban J connectivity index is 1.75. The number of hydrogen-bond donors (Lipinski definition) is 1. The van der Waals surface area contributed by atoms with E-state index >= 15 is 0 Å². The molecule has 0 aliphatic heterocycles. The number of hydrogen-bond acceptors (Lipinski definition) is 4. The summed E-state index contributed by atoms with van der Waals surface area (Å²) >= 11 is 1.65.